The van der Waals surface area contributed by atoms with Gasteiger partial charge >= 0.3 is 0 Å². The summed E-state index contributed by atoms with van der Waals surface area (Å²) in [5, 5.41) is 0. The number of hydrogen-bond donors (Lipinski definition) is 0. The molecule has 0 aromatic heterocycles. The third-order valence-electron chi connectivity index (χ3n) is 3.00. The molecule has 0 bridgehead atoms. The monoisotopic (exact) mass is 152 g/mol. The van der Waals surface area contributed by atoms with Crippen LogP contribution < -0.4 is 0 Å². The second-order valence-corrected chi connectivity index (χ2v) is 4.50. The van der Waals surface area contributed by atoms with Crippen molar-refractivity contribution in [3.8, 4) is 0 Å². The molecule has 0 heterocycles. The Bertz CT molecular complexity index is 159. The maximum absolute atomic E-state index is 2.36. The van der Waals surface area contributed by atoms with Crippen molar-refractivity contribution in [2.24, 2.45) is 11.3 Å². The van der Waals surface area contributed by atoms with E-state index in [0.717, 1.165) is 5.92 Å². The molecule has 11 heavy (non-hydrogen) atoms. The number of rotatable bonds is 3. The predicted octanol–water partition coefficient (Wildman–Crippen LogP) is 3.78. The summed E-state index contributed by atoms with van der Waals surface area (Å²) in [7, 11) is 0. The third kappa shape index (κ3) is 2.36. The maximum Gasteiger partial charge on any atom is -0.0145 e. The van der Waals surface area contributed by atoms with Gasteiger partial charge in [-0.2, -0.15) is 0 Å². The van der Waals surface area contributed by atoms with Crippen LogP contribution in [0.4, 0.5) is 0 Å². The first kappa shape index (κ1) is 8.83. The van der Waals surface area contributed by atoms with Crippen molar-refractivity contribution in [3.05, 3.63) is 11.6 Å². The zero-order valence-electron chi connectivity index (χ0n) is 8.28. The van der Waals surface area contributed by atoms with Crippen LogP contribution in [-0.2, 0) is 0 Å². The lowest BCUT2D eigenvalue weighted by molar-refractivity contribution is 0.381. The quantitative estimate of drug-likeness (QED) is 0.540. The van der Waals surface area contributed by atoms with Crippen LogP contribution in [0.15, 0.2) is 11.6 Å². The molecular weight excluding hydrogens is 132 g/mol. The van der Waals surface area contributed by atoms with Crippen LogP contribution in [-0.4, -0.2) is 0 Å². The van der Waals surface area contributed by atoms with Gasteiger partial charge in [0.25, 0.3) is 0 Å². The highest BCUT2D eigenvalue weighted by Crippen LogP contribution is 2.43. The van der Waals surface area contributed by atoms with Crippen LogP contribution in [0, 0.1) is 11.3 Å². The molecule has 0 saturated heterocycles. The van der Waals surface area contributed by atoms with Crippen molar-refractivity contribution in [2.45, 2.75) is 47.0 Å². The Hall–Kier alpha value is -0.260. The molecule has 1 saturated carbocycles. The van der Waals surface area contributed by atoms with Crippen LogP contribution in [0.25, 0.3) is 0 Å². The Morgan fingerprint density at radius 1 is 1.45 bits per heavy atom. The molecule has 0 aliphatic heterocycles. The van der Waals surface area contributed by atoms with Crippen LogP contribution in [0.1, 0.15) is 47.0 Å². The van der Waals surface area contributed by atoms with Crippen molar-refractivity contribution in [2.75, 3.05) is 0 Å². The molecular formula is C11H20. The Morgan fingerprint density at radius 2 is 2.00 bits per heavy atom. The second-order valence-electron chi connectivity index (χ2n) is 4.50. The Balaban J connectivity index is 2.49. The minimum atomic E-state index is 0.454. The van der Waals surface area contributed by atoms with Gasteiger partial charge < -0.3 is 0 Å². The largest absolute Gasteiger partial charge is 0.0882 e. The highest BCUT2D eigenvalue weighted by Gasteiger charge is 2.30. The molecule has 0 N–H and O–H groups in total. The number of allylic oxidation sites excluding steroid dienone is 2. The van der Waals surface area contributed by atoms with Gasteiger partial charge in [0.2, 0.25) is 0 Å². The van der Waals surface area contributed by atoms with Crippen molar-refractivity contribution in [3.63, 3.8) is 0 Å². The minimum absolute atomic E-state index is 0.454. The summed E-state index contributed by atoms with van der Waals surface area (Å²) in [5.41, 5.74) is 2.00. The molecule has 0 spiro atoms. The van der Waals surface area contributed by atoms with Crippen LogP contribution in [0.5, 0.6) is 0 Å². The van der Waals surface area contributed by atoms with E-state index in [1.54, 1.807) is 5.57 Å². The van der Waals surface area contributed by atoms with Crippen molar-refractivity contribution in [1.82, 2.24) is 0 Å². The van der Waals surface area contributed by atoms with Crippen LogP contribution >= 0.6 is 0 Å². The Labute approximate surface area is 70.7 Å². The van der Waals surface area contributed by atoms with Gasteiger partial charge in [-0.3, -0.25) is 0 Å². The van der Waals surface area contributed by atoms with Crippen molar-refractivity contribution < 1.29 is 0 Å². The fourth-order valence-electron chi connectivity index (χ4n) is 1.60. The summed E-state index contributed by atoms with van der Waals surface area (Å²) < 4.78 is 0. The Morgan fingerprint density at radius 3 is 2.36 bits per heavy atom. The average Bonchev–Trinajstić information content (AvgIpc) is 2.69. The van der Waals surface area contributed by atoms with Gasteiger partial charge in [0, 0.05) is 0 Å². The van der Waals surface area contributed by atoms with E-state index in [0.29, 0.717) is 5.41 Å². The normalized spacial score (nSPS) is 20.5. The smallest absolute Gasteiger partial charge is 0.0145 e. The zero-order chi connectivity index (χ0) is 8.48. The summed E-state index contributed by atoms with van der Waals surface area (Å²) in [6.45, 7) is 9.12. The van der Waals surface area contributed by atoms with Gasteiger partial charge in [-0.1, -0.05) is 38.3 Å². The van der Waals surface area contributed by atoms with Crippen molar-refractivity contribution in [1.29, 1.82) is 0 Å². The first-order valence-electron chi connectivity index (χ1n) is 4.69. The third-order valence-corrected chi connectivity index (χ3v) is 3.00. The molecule has 0 heteroatoms. The van der Waals surface area contributed by atoms with Gasteiger partial charge in [0.1, 0.15) is 0 Å². The lowest BCUT2D eigenvalue weighted by Gasteiger charge is -2.25. The zero-order valence-corrected chi connectivity index (χ0v) is 8.28. The SMILES string of the molecule is CC=C(C)C(C)(C)CC1CC1. The molecule has 0 nitrogen and oxygen atoms in total. The molecule has 0 aromatic carbocycles. The minimum Gasteiger partial charge on any atom is -0.0882 e. The van der Waals surface area contributed by atoms with E-state index in [2.05, 4.69) is 33.8 Å². The summed E-state index contributed by atoms with van der Waals surface area (Å²) >= 11 is 0. The van der Waals surface area contributed by atoms with E-state index < -0.39 is 0 Å². The van der Waals surface area contributed by atoms with E-state index in [1.165, 1.54) is 19.3 Å². The fourth-order valence-corrected chi connectivity index (χ4v) is 1.60. The predicted molar refractivity (Wildman–Crippen MR) is 50.6 cm³/mol. The number of hydrogen-bond acceptors (Lipinski definition) is 0. The maximum atomic E-state index is 2.36. The molecule has 1 aliphatic rings. The molecule has 1 rings (SSSR count). The summed E-state index contributed by atoms with van der Waals surface area (Å²) in [4.78, 5) is 0. The molecule has 64 valence electrons. The van der Waals surface area contributed by atoms with E-state index in [4.69, 9.17) is 0 Å². The molecule has 0 atom stereocenters. The lowest BCUT2D eigenvalue weighted by atomic mass is 9.80. The van der Waals surface area contributed by atoms with Crippen LogP contribution in [0.3, 0.4) is 0 Å². The summed E-state index contributed by atoms with van der Waals surface area (Å²) in [6, 6.07) is 0. The molecule has 0 radical (unpaired) electrons. The summed E-state index contributed by atoms with van der Waals surface area (Å²) in [6.07, 6.45) is 6.59. The fraction of sp³-hybridized carbons (Fsp3) is 0.818. The van der Waals surface area contributed by atoms with E-state index in [9.17, 15) is 0 Å². The average molecular weight is 152 g/mol. The molecule has 0 aromatic rings. The van der Waals surface area contributed by atoms with Gasteiger partial charge in [0.05, 0.1) is 0 Å². The van der Waals surface area contributed by atoms with E-state index in [1.807, 2.05) is 0 Å². The van der Waals surface area contributed by atoms with Gasteiger partial charge in [-0.05, 0) is 31.6 Å². The molecule has 1 aliphatic carbocycles. The highest BCUT2D eigenvalue weighted by molar-refractivity contribution is 5.08. The lowest BCUT2D eigenvalue weighted by Crippen LogP contribution is -2.13. The van der Waals surface area contributed by atoms with Gasteiger partial charge in [-0.25, -0.2) is 0 Å². The topological polar surface area (TPSA) is 0 Å². The van der Waals surface area contributed by atoms with E-state index >= 15 is 0 Å². The standard InChI is InChI=1S/C11H20/c1-5-9(2)11(3,4)8-10-6-7-10/h5,10H,6-8H2,1-4H3. The highest BCUT2D eigenvalue weighted by atomic mass is 14.4. The van der Waals surface area contributed by atoms with Crippen LogP contribution in [0.2, 0.25) is 0 Å². The first-order valence-corrected chi connectivity index (χ1v) is 4.69. The van der Waals surface area contributed by atoms with Crippen molar-refractivity contribution >= 4 is 0 Å². The Kier molecular flexibility index (Phi) is 2.41. The van der Waals surface area contributed by atoms with Gasteiger partial charge in [0.15, 0.2) is 0 Å². The van der Waals surface area contributed by atoms with E-state index in [-0.39, 0.29) is 0 Å². The summed E-state index contributed by atoms with van der Waals surface area (Å²) in [5.74, 6) is 1.04. The van der Waals surface area contributed by atoms with Gasteiger partial charge in [-0.15, -0.1) is 0 Å². The molecule has 0 amide bonds. The second kappa shape index (κ2) is 3.00. The molecule has 1 fully saturated rings. The first-order chi connectivity index (χ1) is 5.06. The molecule has 0 unspecified atom stereocenters.